The zero-order valence-electron chi connectivity index (χ0n) is 21.4. The predicted octanol–water partition coefficient (Wildman–Crippen LogP) is 6.55. The molecule has 0 saturated carbocycles. The summed E-state index contributed by atoms with van der Waals surface area (Å²) in [6, 6.07) is 7.61. The number of hydrogen-bond donors (Lipinski definition) is 0. The number of benzene rings is 2. The van der Waals surface area contributed by atoms with Gasteiger partial charge in [0.05, 0.1) is 48.2 Å². The first-order valence-electron chi connectivity index (χ1n) is 10.9. The number of hydrogen-bond acceptors (Lipinski definition) is 9. The minimum Gasteiger partial charge on any atom is -0.493 e. The Hall–Kier alpha value is -2.32. The second-order valence-electron chi connectivity index (χ2n) is 7.78. The fourth-order valence-electron chi connectivity index (χ4n) is 4.30. The SMILES string of the molecule is COC1=C(OC)C(OC)(OC)C(c2c(COc3ccc([N+](=O)[O-])cc3)cc(OC)c(OC)c2Br)C(Br)=C1Br. The van der Waals surface area contributed by atoms with Crippen molar-refractivity contribution >= 4 is 53.5 Å². The Morgan fingerprint density at radius 1 is 0.921 bits per heavy atom. The first-order valence-corrected chi connectivity index (χ1v) is 13.3. The first kappa shape index (κ1) is 30.2. The van der Waals surface area contributed by atoms with Gasteiger partial charge in [-0.3, -0.25) is 10.1 Å². The van der Waals surface area contributed by atoms with E-state index in [1.54, 1.807) is 6.07 Å². The maximum absolute atomic E-state index is 11.0. The fourth-order valence-corrected chi connectivity index (χ4v) is 6.42. The van der Waals surface area contributed by atoms with Crippen LogP contribution in [0.1, 0.15) is 17.0 Å². The molecule has 1 aliphatic carbocycles. The highest BCUT2D eigenvalue weighted by molar-refractivity contribution is 9.14. The van der Waals surface area contributed by atoms with Gasteiger partial charge in [0.1, 0.15) is 12.4 Å². The normalized spacial score (nSPS) is 16.8. The van der Waals surface area contributed by atoms with Gasteiger partial charge >= 0.3 is 0 Å². The van der Waals surface area contributed by atoms with Gasteiger partial charge in [0.15, 0.2) is 23.0 Å². The summed E-state index contributed by atoms with van der Waals surface area (Å²) < 4.78 is 42.5. The zero-order chi connectivity index (χ0) is 28.2. The lowest BCUT2D eigenvalue weighted by Gasteiger charge is -2.43. The number of nitro benzene ring substituents is 1. The molecule has 0 N–H and O–H groups in total. The molecule has 0 heterocycles. The highest BCUT2D eigenvalue weighted by Gasteiger charge is 2.54. The highest BCUT2D eigenvalue weighted by atomic mass is 79.9. The minimum atomic E-state index is -1.47. The van der Waals surface area contributed by atoms with Gasteiger partial charge in [0, 0.05) is 30.8 Å². The fraction of sp³-hybridized carbons (Fsp3) is 0.360. The molecule has 3 rings (SSSR count). The summed E-state index contributed by atoms with van der Waals surface area (Å²) in [6.07, 6.45) is 0. The van der Waals surface area contributed by atoms with Crippen LogP contribution in [0.4, 0.5) is 5.69 Å². The van der Waals surface area contributed by atoms with Crippen molar-refractivity contribution in [3.63, 3.8) is 0 Å². The number of ether oxygens (including phenoxy) is 7. The number of allylic oxidation sites excluding steroid dienone is 1. The summed E-state index contributed by atoms with van der Waals surface area (Å²) >= 11 is 11.1. The van der Waals surface area contributed by atoms with Crippen LogP contribution in [0.2, 0.25) is 0 Å². The van der Waals surface area contributed by atoms with E-state index in [-0.39, 0.29) is 12.3 Å². The lowest BCUT2D eigenvalue weighted by molar-refractivity contribution is -0.384. The monoisotopic (exact) mass is 721 g/mol. The van der Waals surface area contributed by atoms with E-state index in [9.17, 15) is 10.1 Å². The van der Waals surface area contributed by atoms with Crippen molar-refractivity contribution in [2.24, 2.45) is 0 Å². The molecule has 206 valence electrons. The summed E-state index contributed by atoms with van der Waals surface area (Å²) in [4.78, 5) is 10.6. The number of non-ortho nitro benzene ring substituents is 1. The third kappa shape index (κ3) is 5.26. The molecule has 10 nitrogen and oxygen atoms in total. The van der Waals surface area contributed by atoms with Crippen LogP contribution in [0, 0.1) is 10.1 Å². The van der Waals surface area contributed by atoms with E-state index < -0.39 is 16.6 Å². The van der Waals surface area contributed by atoms with Crippen LogP contribution in [0.5, 0.6) is 17.2 Å². The van der Waals surface area contributed by atoms with Crippen molar-refractivity contribution in [3.8, 4) is 17.2 Å². The Morgan fingerprint density at radius 3 is 2.03 bits per heavy atom. The van der Waals surface area contributed by atoms with E-state index in [4.69, 9.17) is 33.2 Å². The van der Waals surface area contributed by atoms with Crippen LogP contribution >= 0.6 is 47.8 Å². The third-order valence-electron chi connectivity index (χ3n) is 6.05. The van der Waals surface area contributed by atoms with Crippen LogP contribution in [0.3, 0.4) is 0 Å². The Bertz CT molecular complexity index is 1260. The summed E-state index contributed by atoms with van der Waals surface area (Å²) in [5.41, 5.74) is 1.33. The molecule has 1 aliphatic rings. The number of nitro groups is 1. The summed E-state index contributed by atoms with van der Waals surface area (Å²) in [5, 5.41) is 11.0. The van der Waals surface area contributed by atoms with E-state index >= 15 is 0 Å². The number of methoxy groups -OCH3 is 6. The van der Waals surface area contributed by atoms with Gasteiger partial charge in [0.25, 0.3) is 5.69 Å². The van der Waals surface area contributed by atoms with Gasteiger partial charge in [-0.25, -0.2) is 0 Å². The molecule has 0 aliphatic heterocycles. The Labute approximate surface area is 245 Å². The molecule has 2 aromatic rings. The number of nitrogens with zero attached hydrogens (tertiary/aromatic N) is 1. The lowest BCUT2D eigenvalue weighted by Crippen LogP contribution is -2.46. The summed E-state index contributed by atoms with van der Waals surface area (Å²) in [6.45, 7) is 0.0627. The van der Waals surface area contributed by atoms with Crippen LogP contribution in [0.25, 0.3) is 0 Å². The second-order valence-corrected chi connectivity index (χ2v) is 10.2. The average molecular weight is 724 g/mol. The smallest absolute Gasteiger partial charge is 0.269 e. The van der Waals surface area contributed by atoms with E-state index in [2.05, 4.69) is 47.8 Å². The van der Waals surface area contributed by atoms with E-state index in [1.807, 2.05) is 0 Å². The van der Waals surface area contributed by atoms with Gasteiger partial charge in [-0.05, 0) is 61.2 Å². The van der Waals surface area contributed by atoms with Crippen molar-refractivity contribution in [3.05, 3.63) is 76.5 Å². The molecular formula is C25H26Br3NO9. The van der Waals surface area contributed by atoms with Crippen molar-refractivity contribution in [2.45, 2.75) is 18.3 Å². The van der Waals surface area contributed by atoms with Gasteiger partial charge in [-0.1, -0.05) is 15.9 Å². The van der Waals surface area contributed by atoms with Crippen LogP contribution < -0.4 is 14.2 Å². The third-order valence-corrected chi connectivity index (χ3v) is 9.01. The molecule has 13 heteroatoms. The van der Waals surface area contributed by atoms with Crippen molar-refractivity contribution in [1.82, 2.24) is 0 Å². The quantitative estimate of drug-likeness (QED) is 0.145. The minimum absolute atomic E-state index is 0.0363. The number of rotatable bonds is 11. The molecule has 0 saturated heterocycles. The van der Waals surface area contributed by atoms with Crippen molar-refractivity contribution < 1.29 is 38.1 Å². The largest absolute Gasteiger partial charge is 0.493 e. The molecular weight excluding hydrogens is 698 g/mol. The molecule has 0 radical (unpaired) electrons. The number of halogens is 3. The van der Waals surface area contributed by atoms with Crippen molar-refractivity contribution in [2.75, 3.05) is 42.7 Å². The second kappa shape index (κ2) is 12.7. The van der Waals surface area contributed by atoms with Gasteiger partial charge < -0.3 is 33.2 Å². The highest BCUT2D eigenvalue weighted by Crippen LogP contribution is 2.57. The molecule has 2 aromatic carbocycles. The predicted molar refractivity (Wildman–Crippen MR) is 150 cm³/mol. The average Bonchev–Trinajstić information content (AvgIpc) is 2.93. The molecule has 0 amide bonds. The maximum atomic E-state index is 11.0. The maximum Gasteiger partial charge on any atom is 0.269 e. The Balaban J connectivity index is 2.26. The molecule has 38 heavy (non-hydrogen) atoms. The van der Waals surface area contributed by atoms with Gasteiger partial charge in [-0.15, -0.1) is 0 Å². The van der Waals surface area contributed by atoms with E-state index in [0.29, 0.717) is 53.3 Å². The first-order chi connectivity index (χ1) is 18.1. The standard InChI is InChI=1S/C25H26Br3NO9/c1-32-16-11-13(12-38-15-9-7-14(8-10-15)29(30)31)17(19(26)22(16)33-2)18-20(27)21(28)23(34-3)24(35-4)25(18,36-5)37-6/h7-11,18H,12H2,1-6H3. The molecule has 0 aromatic heterocycles. The van der Waals surface area contributed by atoms with Gasteiger partial charge in [0.2, 0.25) is 5.79 Å². The lowest BCUT2D eigenvalue weighted by atomic mass is 9.82. The van der Waals surface area contributed by atoms with Crippen LogP contribution in [-0.4, -0.2) is 53.4 Å². The molecule has 1 unspecified atom stereocenters. The summed E-state index contributed by atoms with van der Waals surface area (Å²) in [5.74, 6) is -0.101. The van der Waals surface area contributed by atoms with Crippen LogP contribution in [-0.2, 0) is 25.6 Å². The molecule has 0 spiro atoms. The zero-order valence-corrected chi connectivity index (χ0v) is 26.2. The van der Waals surface area contributed by atoms with Crippen molar-refractivity contribution in [1.29, 1.82) is 0 Å². The summed E-state index contributed by atoms with van der Waals surface area (Å²) in [7, 11) is 9.09. The Morgan fingerprint density at radius 2 is 1.55 bits per heavy atom. The molecule has 1 atom stereocenters. The molecule has 0 bridgehead atoms. The Kier molecular flexibility index (Phi) is 10.1. The van der Waals surface area contributed by atoms with E-state index in [0.717, 1.165) is 0 Å². The van der Waals surface area contributed by atoms with Crippen LogP contribution in [0.15, 0.2) is 55.3 Å². The molecule has 0 fully saturated rings. The van der Waals surface area contributed by atoms with Gasteiger partial charge in [-0.2, -0.15) is 0 Å². The topological polar surface area (TPSA) is 108 Å². The van der Waals surface area contributed by atoms with E-state index in [1.165, 1.54) is 66.9 Å².